The number of halogens is 1. The average Bonchev–Trinajstić information content (AvgIpc) is 2.60. The topological polar surface area (TPSA) is 76.7 Å². The number of anilines is 1. The van der Waals surface area contributed by atoms with Gasteiger partial charge in [-0.15, -0.1) is 0 Å². The minimum absolute atomic E-state index is 0.174. The zero-order valence-corrected chi connectivity index (χ0v) is 13.4. The normalized spacial score (nSPS) is 12.4. The van der Waals surface area contributed by atoms with Gasteiger partial charge in [-0.3, -0.25) is 9.59 Å². The monoisotopic (exact) mass is 346 g/mol. The van der Waals surface area contributed by atoms with Crippen LogP contribution < -0.4 is 20.1 Å². The van der Waals surface area contributed by atoms with Gasteiger partial charge in [-0.25, -0.2) is 0 Å². The van der Waals surface area contributed by atoms with Crippen molar-refractivity contribution in [2.45, 2.75) is 6.54 Å². The van der Waals surface area contributed by atoms with Crippen LogP contribution in [0.1, 0.15) is 5.56 Å². The number of carbonyl (C=O) groups excluding carboxylic acids is 2. The summed E-state index contributed by atoms with van der Waals surface area (Å²) in [4.78, 5) is 23.9. The number of amides is 2. The molecule has 0 atom stereocenters. The van der Waals surface area contributed by atoms with E-state index in [0.29, 0.717) is 35.4 Å². The van der Waals surface area contributed by atoms with Gasteiger partial charge in [0.05, 0.1) is 0 Å². The molecule has 3 rings (SSSR count). The molecule has 0 unspecified atom stereocenters. The van der Waals surface area contributed by atoms with Gasteiger partial charge >= 0.3 is 11.8 Å². The fourth-order valence-electron chi connectivity index (χ4n) is 2.21. The molecule has 0 aliphatic carbocycles. The second-order valence-corrected chi connectivity index (χ2v) is 5.49. The molecule has 124 valence electrons. The summed E-state index contributed by atoms with van der Waals surface area (Å²) in [6, 6.07) is 12.1. The van der Waals surface area contributed by atoms with Crippen molar-refractivity contribution in [2.75, 3.05) is 18.5 Å². The molecule has 0 fully saturated rings. The van der Waals surface area contributed by atoms with E-state index in [-0.39, 0.29) is 6.54 Å². The van der Waals surface area contributed by atoms with Crippen molar-refractivity contribution >= 4 is 29.1 Å². The van der Waals surface area contributed by atoms with E-state index < -0.39 is 11.8 Å². The molecule has 6 nitrogen and oxygen atoms in total. The van der Waals surface area contributed by atoms with Crippen molar-refractivity contribution in [2.24, 2.45) is 0 Å². The van der Waals surface area contributed by atoms with Crippen LogP contribution >= 0.6 is 11.6 Å². The standard InChI is InChI=1S/C17H15ClN2O4/c18-13-4-2-1-3-11(13)10-19-16(21)17(22)20-12-5-6-14-15(9-12)24-8-7-23-14/h1-6,9H,7-8,10H2,(H,19,21)(H,20,22). The van der Waals surface area contributed by atoms with Crippen molar-refractivity contribution < 1.29 is 19.1 Å². The molecule has 0 saturated heterocycles. The highest BCUT2D eigenvalue weighted by atomic mass is 35.5. The molecule has 1 aliphatic heterocycles. The first-order valence-electron chi connectivity index (χ1n) is 7.36. The van der Waals surface area contributed by atoms with E-state index >= 15 is 0 Å². The number of nitrogens with one attached hydrogen (secondary N) is 2. The zero-order chi connectivity index (χ0) is 16.9. The molecule has 1 aliphatic rings. The number of hydrogen-bond acceptors (Lipinski definition) is 4. The molecule has 2 amide bonds. The van der Waals surface area contributed by atoms with E-state index in [4.69, 9.17) is 21.1 Å². The van der Waals surface area contributed by atoms with Crippen molar-refractivity contribution in [3.63, 3.8) is 0 Å². The maximum Gasteiger partial charge on any atom is 0.313 e. The first kappa shape index (κ1) is 16.1. The number of benzene rings is 2. The van der Waals surface area contributed by atoms with Gasteiger partial charge in [-0.2, -0.15) is 0 Å². The van der Waals surface area contributed by atoms with E-state index in [1.54, 1.807) is 36.4 Å². The van der Waals surface area contributed by atoms with E-state index in [2.05, 4.69) is 10.6 Å². The Bertz CT molecular complexity index is 779. The Labute approximate surface area is 143 Å². The molecule has 0 spiro atoms. The molecule has 0 aromatic heterocycles. The van der Waals surface area contributed by atoms with Crippen molar-refractivity contribution in [1.82, 2.24) is 5.32 Å². The fraction of sp³-hybridized carbons (Fsp3) is 0.176. The third-order valence-corrected chi connectivity index (χ3v) is 3.77. The summed E-state index contributed by atoms with van der Waals surface area (Å²) in [5.41, 5.74) is 1.19. The first-order chi connectivity index (χ1) is 11.6. The Morgan fingerprint density at radius 3 is 2.54 bits per heavy atom. The highest BCUT2D eigenvalue weighted by molar-refractivity contribution is 6.39. The summed E-state index contributed by atoms with van der Waals surface area (Å²) < 4.78 is 10.8. The highest BCUT2D eigenvalue weighted by Crippen LogP contribution is 2.32. The Morgan fingerprint density at radius 2 is 1.75 bits per heavy atom. The van der Waals surface area contributed by atoms with Crippen LogP contribution in [0.25, 0.3) is 0 Å². The van der Waals surface area contributed by atoms with Crippen LogP contribution in [0.5, 0.6) is 11.5 Å². The van der Waals surface area contributed by atoms with Gasteiger partial charge in [0.25, 0.3) is 0 Å². The van der Waals surface area contributed by atoms with Gasteiger partial charge in [0.1, 0.15) is 13.2 Å². The number of rotatable bonds is 3. The number of fused-ring (bicyclic) bond motifs is 1. The molecule has 2 aromatic carbocycles. The van der Waals surface area contributed by atoms with Gasteiger partial charge in [0.15, 0.2) is 11.5 Å². The Morgan fingerprint density at radius 1 is 1.00 bits per heavy atom. The predicted molar refractivity (Wildman–Crippen MR) is 89.4 cm³/mol. The van der Waals surface area contributed by atoms with Gasteiger partial charge < -0.3 is 20.1 Å². The fourth-order valence-corrected chi connectivity index (χ4v) is 2.41. The van der Waals surface area contributed by atoms with Crippen LogP contribution in [0.2, 0.25) is 5.02 Å². The summed E-state index contributed by atoms with van der Waals surface area (Å²) >= 11 is 6.01. The van der Waals surface area contributed by atoms with Crippen molar-refractivity contribution in [3.05, 3.63) is 53.1 Å². The minimum Gasteiger partial charge on any atom is -0.486 e. The van der Waals surface area contributed by atoms with E-state index in [1.807, 2.05) is 6.07 Å². The average molecular weight is 347 g/mol. The molecule has 2 N–H and O–H groups in total. The lowest BCUT2D eigenvalue weighted by Gasteiger charge is -2.18. The van der Waals surface area contributed by atoms with Crippen LogP contribution in [0.15, 0.2) is 42.5 Å². The summed E-state index contributed by atoms with van der Waals surface area (Å²) in [5, 5.41) is 5.59. The van der Waals surface area contributed by atoms with Crippen LogP contribution in [-0.2, 0) is 16.1 Å². The summed E-state index contributed by atoms with van der Waals surface area (Å²) in [6.07, 6.45) is 0. The second kappa shape index (κ2) is 7.23. The lowest BCUT2D eigenvalue weighted by molar-refractivity contribution is -0.136. The Hall–Kier alpha value is -2.73. The molecule has 0 radical (unpaired) electrons. The quantitative estimate of drug-likeness (QED) is 0.836. The molecule has 2 aromatic rings. The Kier molecular flexibility index (Phi) is 4.86. The van der Waals surface area contributed by atoms with Gasteiger partial charge in [-0.05, 0) is 23.8 Å². The molecular formula is C17H15ClN2O4. The maximum absolute atomic E-state index is 12.0. The molecule has 24 heavy (non-hydrogen) atoms. The van der Waals surface area contributed by atoms with E-state index in [0.717, 1.165) is 5.56 Å². The second-order valence-electron chi connectivity index (χ2n) is 5.09. The van der Waals surface area contributed by atoms with Crippen LogP contribution in [0.4, 0.5) is 5.69 Å². The number of hydrogen-bond donors (Lipinski definition) is 2. The lowest BCUT2D eigenvalue weighted by atomic mass is 10.2. The van der Waals surface area contributed by atoms with E-state index in [1.165, 1.54) is 0 Å². The van der Waals surface area contributed by atoms with Crippen molar-refractivity contribution in [1.29, 1.82) is 0 Å². The van der Waals surface area contributed by atoms with Crippen LogP contribution in [-0.4, -0.2) is 25.0 Å². The molecule has 0 bridgehead atoms. The van der Waals surface area contributed by atoms with Gasteiger partial charge in [-0.1, -0.05) is 29.8 Å². The highest BCUT2D eigenvalue weighted by Gasteiger charge is 2.16. The summed E-state index contributed by atoms with van der Waals surface area (Å²) in [6.45, 7) is 1.11. The SMILES string of the molecule is O=C(NCc1ccccc1Cl)C(=O)Nc1ccc2c(c1)OCCO2. The largest absolute Gasteiger partial charge is 0.486 e. The third kappa shape index (κ3) is 3.78. The summed E-state index contributed by atoms with van der Waals surface area (Å²) in [5.74, 6) is -0.360. The smallest absolute Gasteiger partial charge is 0.313 e. The Balaban J connectivity index is 1.58. The lowest BCUT2D eigenvalue weighted by Crippen LogP contribution is -2.35. The molecular weight excluding hydrogens is 332 g/mol. The zero-order valence-electron chi connectivity index (χ0n) is 12.7. The third-order valence-electron chi connectivity index (χ3n) is 3.40. The van der Waals surface area contributed by atoms with Crippen molar-refractivity contribution in [3.8, 4) is 11.5 Å². The summed E-state index contributed by atoms with van der Waals surface area (Å²) in [7, 11) is 0. The van der Waals surface area contributed by atoms with Crippen LogP contribution in [0, 0.1) is 0 Å². The molecule has 1 heterocycles. The molecule has 0 saturated carbocycles. The molecule has 7 heteroatoms. The minimum atomic E-state index is -0.765. The van der Waals surface area contributed by atoms with Gasteiger partial charge in [0.2, 0.25) is 0 Å². The van der Waals surface area contributed by atoms with E-state index in [9.17, 15) is 9.59 Å². The first-order valence-corrected chi connectivity index (χ1v) is 7.73. The number of carbonyl (C=O) groups is 2. The van der Waals surface area contributed by atoms with Gasteiger partial charge in [0, 0.05) is 23.3 Å². The number of ether oxygens (including phenoxy) is 2. The maximum atomic E-state index is 12.0. The predicted octanol–water partition coefficient (Wildman–Crippen LogP) is 2.37. The van der Waals surface area contributed by atoms with Crippen LogP contribution in [0.3, 0.4) is 0 Å².